The fourth-order valence-corrected chi connectivity index (χ4v) is 1.68. The van der Waals surface area contributed by atoms with Crippen molar-refractivity contribution in [2.24, 2.45) is 7.05 Å². The third-order valence-electron chi connectivity index (χ3n) is 2.64. The summed E-state index contributed by atoms with van der Waals surface area (Å²) in [6.07, 6.45) is 4.55. The van der Waals surface area contributed by atoms with Crippen molar-refractivity contribution in [2.75, 3.05) is 11.9 Å². The lowest BCUT2D eigenvalue weighted by Crippen LogP contribution is -2.10. The molecule has 0 atom stereocenters. The van der Waals surface area contributed by atoms with Crippen LogP contribution in [0.4, 0.5) is 10.2 Å². The van der Waals surface area contributed by atoms with Gasteiger partial charge in [-0.15, -0.1) is 0 Å². The van der Waals surface area contributed by atoms with Gasteiger partial charge in [-0.3, -0.25) is 4.68 Å². The summed E-state index contributed by atoms with van der Waals surface area (Å²) in [6.45, 7) is 2.46. The van der Waals surface area contributed by atoms with Gasteiger partial charge in [0, 0.05) is 26.2 Å². The molecule has 0 fully saturated rings. The largest absolute Gasteiger partial charge is 0.367 e. The van der Waals surface area contributed by atoms with Crippen molar-refractivity contribution in [2.45, 2.75) is 19.8 Å². The minimum Gasteiger partial charge on any atom is -0.367 e. The van der Waals surface area contributed by atoms with Crippen molar-refractivity contribution >= 4 is 5.82 Å². The van der Waals surface area contributed by atoms with E-state index in [1.807, 2.05) is 26.2 Å². The zero-order valence-corrected chi connectivity index (χ0v) is 10.5. The van der Waals surface area contributed by atoms with Gasteiger partial charge in [0.05, 0.1) is 11.4 Å². The van der Waals surface area contributed by atoms with Crippen LogP contribution in [0.1, 0.15) is 18.3 Å². The lowest BCUT2D eigenvalue weighted by molar-refractivity contribution is 0.596. The SMILES string of the molecule is CCc1ncnc(NCCc2ccn(C)n2)c1F. The Labute approximate surface area is 105 Å². The van der Waals surface area contributed by atoms with E-state index in [1.165, 1.54) is 6.33 Å². The van der Waals surface area contributed by atoms with E-state index in [1.54, 1.807) is 4.68 Å². The first-order valence-electron chi connectivity index (χ1n) is 5.92. The van der Waals surface area contributed by atoms with Gasteiger partial charge >= 0.3 is 0 Å². The van der Waals surface area contributed by atoms with Gasteiger partial charge in [-0.1, -0.05) is 6.92 Å². The average Bonchev–Trinajstić information content (AvgIpc) is 2.77. The molecule has 0 saturated carbocycles. The van der Waals surface area contributed by atoms with Gasteiger partial charge in [0.2, 0.25) is 0 Å². The number of aryl methyl sites for hydroxylation is 2. The first-order valence-corrected chi connectivity index (χ1v) is 5.92. The molecule has 96 valence electrons. The molecular weight excluding hydrogens is 233 g/mol. The normalized spacial score (nSPS) is 10.6. The van der Waals surface area contributed by atoms with E-state index < -0.39 is 0 Å². The van der Waals surface area contributed by atoms with Gasteiger partial charge in [0.1, 0.15) is 6.33 Å². The van der Waals surface area contributed by atoms with E-state index in [4.69, 9.17) is 0 Å². The Hall–Kier alpha value is -1.98. The molecule has 18 heavy (non-hydrogen) atoms. The molecule has 0 saturated heterocycles. The van der Waals surface area contributed by atoms with E-state index in [0.29, 0.717) is 18.7 Å². The van der Waals surface area contributed by atoms with Crippen molar-refractivity contribution in [1.29, 1.82) is 0 Å². The molecule has 0 aliphatic rings. The molecule has 2 rings (SSSR count). The molecule has 2 aromatic heterocycles. The van der Waals surface area contributed by atoms with Crippen LogP contribution in [0.25, 0.3) is 0 Å². The Morgan fingerprint density at radius 3 is 2.89 bits per heavy atom. The van der Waals surface area contributed by atoms with Crippen molar-refractivity contribution in [3.63, 3.8) is 0 Å². The Bertz CT molecular complexity index is 523. The van der Waals surface area contributed by atoms with Crippen LogP contribution in [0.3, 0.4) is 0 Å². The summed E-state index contributed by atoms with van der Waals surface area (Å²) in [6, 6.07) is 1.94. The molecule has 0 unspecified atom stereocenters. The van der Waals surface area contributed by atoms with Crippen molar-refractivity contribution in [1.82, 2.24) is 19.7 Å². The molecule has 0 bridgehead atoms. The molecule has 0 radical (unpaired) electrons. The van der Waals surface area contributed by atoms with E-state index in [-0.39, 0.29) is 11.6 Å². The fourth-order valence-electron chi connectivity index (χ4n) is 1.68. The number of anilines is 1. The number of halogens is 1. The van der Waals surface area contributed by atoms with Gasteiger partial charge in [-0.05, 0) is 12.5 Å². The minimum absolute atomic E-state index is 0.262. The Morgan fingerprint density at radius 2 is 2.22 bits per heavy atom. The maximum atomic E-state index is 13.8. The van der Waals surface area contributed by atoms with Crippen LogP contribution in [0.15, 0.2) is 18.6 Å². The summed E-state index contributed by atoms with van der Waals surface area (Å²) in [5, 5.41) is 7.22. The van der Waals surface area contributed by atoms with Crippen molar-refractivity contribution in [3.8, 4) is 0 Å². The number of hydrogen-bond donors (Lipinski definition) is 1. The van der Waals surface area contributed by atoms with Crippen LogP contribution < -0.4 is 5.32 Å². The second kappa shape index (κ2) is 5.57. The van der Waals surface area contributed by atoms with Crippen LogP contribution in [0.5, 0.6) is 0 Å². The van der Waals surface area contributed by atoms with Crippen LogP contribution in [-0.2, 0) is 19.9 Å². The van der Waals surface area contributed by atoms with Gasteiger partial charge in [0.15, 0.2) is 11.6 Å². The molecule has 0 aliphatic heterocycles. The molecule has 1 N–H and O–H groups in total. The summed E-state index contributed by atoms with van der Waals surface area (Å²) < 4.78 is 15.5. The lowest BCUT2D eigenvalue weighted by atomic mass is 10.3. The monoisotopic (exact) mass is 249 g/mol. The number of rotatable bonds is 5. The molecular formula is C12H16FN5. The molecule has 0 aliphatic carbocycles. The molecule has 0 spiro atoms. The highest BCUT2D eigenvalue weighted by molar-refractivity contribution is 5.37. The highest BCUT2D eigenvalue weighted by Gasteiger charge is 2.08. The topological polar surface area (TPSA) is 55.6 Å². The van der Waals surface area contributed by atoms with Crippen molar-refractivity contribution < 1.29 is 4.39 Å². The minimum atomic E-state index is -0.360. The molecule has 6 heteroatoms. The molecule has 2 aromatic rings. The Kier molecular flexibility index (Phi) is 3.86. The number of nitrogens with zero attached hydrogens (tertiary/aromatic N) is 4. The van der Waals surface area contributed by atoms with Gasteiger partial charge < -0.3 is 5.32 Å². The van der Waals surface area contributed by atoms with Crippen LogP contribution >= 0.6 is 0 Å². The third-order valence-corrected chi connectivity index (χ3v) is 2.64. The Balaban J connectivity index is 1.94. The second-order valence-corrected chi connectivity index (χ2v) is 3.99. The molecule has 0 amide bonds. The highest BCUT2D eigenvalue weighted by Crippen LogP contribution is 2.13. The summed E-state index contributed by atoms with van der Waals surface area (Å²) in [5.41, 5.74) is 1.40. The standard InChI is InChI=1S/C12H16FN5/c1-3-10-11(13)12(16-8-15-10)14-6-4-9-5-7-18(2)17-9/h5,7-8H,3-4,6H2,1-2H3,(H,14,15,16). The number of nitrogens with one attached hydrogen (secondary N) is 1. The van der Waals surface area contributed by atoms with E-state index in [2.05, 4.69) is 20.4 Å². The highest BCUT2D eigenvalue weighted by atomic mass is 19.1. The van der Waals surface area contributed by atoms with Crippen LogP contribution in [0.2, 0.25) is 0 Å². The first-order chi connectivity index (χ1) is 8.70. The van der Waals surface area contributed by atoms with Crippen molar-refractivity contribution in [3.05, 3.63) is 35.8 Å². The number of aromatic nitrogens is 4. The van der Waals surface area contributed by atoms with Crippen LogP contribution in [-0.4, -0.2) is 26.3 Å². The first kappa shape index (κ1) is 12.5. The second-order valence-electron chi connectivity index (χ2n) is 3.99. The maximum Gasteiger partial charge on any atom is 0.186 e. The predicted octanol–water partition coefficient (Wildman–Crippen LogP) is 1.57. The smallest absolute Gasteiger partial charge is 0.186 e. The summed E-state index contributed by atoms with van der Waals surface area (Å²) >= 11 is 0. The average molecular weight is 249 g/mol. The number of hydrogen-bond acceptors (Lipinski definition) is 4. The lowest BCUT2D eigenvalue weighted by Gasteiger charge is -2.07. The van der Waals surface area contributed by atoms with Gasteiger partial charge in [-0.2, -0.15) is 5.10 Å². The van der Waals surface area contributed by atoms with E-state index >= 15 is 0 Å². The molecule has 2 heterocycles. The zero-order chi connectivity index (χ0) is 13.0. The third kappa shape index (κ3) is 2.82. The molecule has 5 nitrogen and oxygen atoms in total. The summed E-state index contributed by atoms with van der Waals surface area (Å²) in [4.78, 5) is 7.79. The maximum absolute atomic E-state index is 13.8. The van der Waals surface area contributed by atoms with E-state index in [0.717, 1.165) is 12.1 Å². The molecule has 0 aromatic carbocycles. The zero-order valence-electron chi connectivity index (χ0n) is 10.5. The summed E-state index contributed by atoms with van der Waals surface area (Å²) in [7, 11) is 1.87. The van der Waals surface area contributed by atoms with E-state index in [9.17, 15) is 4.39 Å². The fraction of sp³-hybridized carbons (Fsp3) is 0.417. The summed E-state index contributed by atoms with van der Waals surface area (Å²) in [5.74, 6) is -0.0983. The Morgan fingerprint density at radius 1 is 1.39 bits per heavy atom. The quantitative estimate of drug-likeness (QED) is 0.873. The van der Waals surface area contributed by atoms with Crippen LogP contribution in [0, 0.1) is 5.82 Å². The predicted molar refractivity (Wildman–Crippen MR) is 66.8 cm³/mol. The van der Waals surface area contributed by atoms with Gasteiger partial charge in [-0.25, -0.2) is 14.4 Å². The van der Waals surface area contributed by atoms with Gasteiger partial charge in [0.25, 0.3) is 0 Å².